The molecule has 30 heavy (non-hydrogen) atoms. The molecule has 7 heteroatoms. The summed E-state index contributed by atoms with van der Waals surface area (Å²) in [6, 6.07) is 9.72. The molecule has 1 fully saturated rings. The third kappa shape index (κ3) is 4.31. The van der Waals surface area contributed by atoms with Crippen LogP contribution in [0.3, 0.4) is 0 Å². The van der Waals surface area contributed by atoms with Crippen LogP contribution in [0.1, 0.15) is 48.6 Å². The van der Waals surface area contributed by atoms with Crippen molar-refractivity contribution in [2.24, 2.45) is 5.10 Å². The smallest absolute Gasteiger partial charge is 0.267 e. The van der Waals surface area contributed by atoms with Gasteiger partial charge in [0.15, 0.2) is 0 Å². The summed E-state index contributed by atoms with van der Waals surface area (Å²) in [4.78, 5) is 27.7. The lowest BCUT2D eigenvalue weighted by Crippen LogP contribution is -2.42. The van der Waals surface area contributed by atoms with Gasteiger partial charge >= 0.3 is 0 Å². The number of amides is 2. The molecule has 0 bridgehead atoms. The van der Waals surface area contributed by atoms with Gasteiger partial charge < -0.3 is 9.73 Å². The fraction of sp³-hybridized carbons (Fsp3) is 0.435. The zero-order valence-corrected chi connectivity index (χ0v) is 17.6. The molecular weight excluding hydrogens is 380 g/mol. The minimum Gasteiger partial charge on any atom is -0.468 e. The van der Waals surface area contributed by atoms with Crippen LogP contribution in [0.2, 0.25) is 0 Å². The number of nitrogens with one attached hydrogen (secondary N) is 1. The lowest BCUT2D eigenvalue weighted by molar-refractivity contribution is -0.119. The first-order valence-electron chi connectivity index (χ1n) is 10.6. The second-order valence-electron chi connectivity index (χ2n) is 8.03. The number of nitrogens with zero attached hydrogens (tertiary/aromatic N) is 3. The highest BCUT2D eigenvalue weighted by Crippen LogP contribution is 2.27. The topological polar surface area (TPSA) is 78.2 Å². The van der Waals surface area contributed by atoms with E-state index < -0.39 is 0 Å². The van der Waals surface area contributed by atoms with Crippen LogP contribution in [0.15, 0.2) is 46.1 Å². The van der Waals surface area contributed by atoms with Crippen LogP contribution in [-0.2, 0) is 9.59 Å². The van der Waals surface area contributed by atoms with Crippen molar-refractivity contribution in [3.8, 4) is 0 Å². The van der Waals surface area contributed by atoms with Crippen LogP contribution in [0, 0.1) is 13.8 Å². The van der Waals surface area contributed by atoms with Crippen LogP contribution >= 0.6 is 0 Å². The van der Waals surface area contributed by atoms with Crippen LogP contribution in [-0.4, -0.2) is 42.1 Å². The number of likely N-dealkylation sites (tertiary alicyclic amines) is 1. The Balaban J connectivity index is 1.49. The van der Waals surface area contributed by atoms with E-state index in [1.807, 2.05) is 44.2 Å². The predicted molar refractivity (Wildman–Crippen MR) is 115 cm³/mol. The molecule has 2 aliphatic rings. The van der Waals surface area contributed by atoms with Crippen molar-refractivity contribution < 1.29 is 14.0 Å². The summed E-state index contributed by atoms with van der Waals surface area (Å²) < 4.78 is 5.62. The Bertz CT molecular complexity index is 945. The molecule has 3 heterocycles. The van der Waals surface area contributed by atoms with Gasteiger partial charge in [0.25, 0.3) is 5.91 Å². The summed E-state index contributed by atoms with van der Waals surface area (Å²) in [6.45, 7) is 6.36. The normalized spacial score (nSPS) is 18.4. The zero-order valence-electron chi connectivity index (χ0n) is 17.6. The van der Waals surface area contributed by atoms with Crippen LogP contribution in [0.5, 0.6) is 0 Å². The third-order valence-corrected chi connectivity index (χ3v) is 5.80. The van der Waals surface area contributed by atoms with Crippen molar-refractivity contribution in [3.63, 3.8) is 0 Å². The average Bonchev–Trinajstić information content (AvgIpc) is 3.45. The van der Waals surface area contributed by atoms with Gasteiger partial charge in [0.1, 0.15) is 11.5 Å². The van der Waals surface area contributed by atoms with E-state index >= 15 is 0 Å². The number of furan rings is 1. The van der Waals surface area contributed by atoms with E-state index in [-0.39, 0.29) is 24.3 Å². The van der Waals surface area contributed by atoms with E-state index in [2.05, 4.69) is 15.3 Å². The summed E-state index contributed by atoms with van der Waals surface area (Å²) >= 11 is 0. The predicted octanol–water partition coefficient (Wildman–Crippen LogP) is 3.33. The molecule has 1 N–H and O–H groups in total. The highest BCUT2D eigenvalue weighted by atomic mass is 16.3. The Kier molecular flexibility index (Phi) is 5.99. The van der Waals surface area contributed by atoms with Gasteiger partial charge in [-0.25, -0.2) is 5.01 Å². The molecule has 1 aromatic carbocycles. The highest BCUT2D eigenvalue weighted by molar-refractivity contribution is 6.40. The first-order chi connectivity index (χ1) is 14.5. The molecule has 0 radical (unpaired) electrons. The Morgan fingerprint density at radius 2 is 2.00 bits per heavy atom. The van der Waals surface area contributed by atoms with Gasteiger partial charge in [-0.2, -0.15) is 5.10 Å². The Morgan fingerprint density at radius 1 is 1.20 bits per heavy atom. The Morgan fingerprint density at radius 3 is 2.73 bits per heavy atom. The number of anilines is 1. The first kappa shape index (κ1) is 20.3. The van der Waals surface area contributed by atoms with Crippen molar-refractivity contribution in [1.82, 2.24) is 10.2 Å². The second-order valence-corrected chi connectivity index (χ2v) is 8.03. The zero-order chi connectivity index (χ0) is 21.1. The number of carbonyl (C=O) groups is 2. The molecule has 0 aliphatic carbocycles. The van der Waals surface area contributed by atoms with Gasteiger partial charge in [0, 0.05) is 19.4 Å². The van der Waals surface area contributed by atoms with E-state index in [9.17, 15) is 9.59 Å². The summed E-state index contributed by atoms with van der Waals surface area (Å²) in [5.41, 5.74) is 3.11. The Hall–Kier alpha value is -2.93. The summed E-state index contributed by atoms with van der Waals surface area (Å²) in [5.74, 6) is 0.536. The number of benzene rings is 1. The summed E-state index contributed by atoms with van der Waals surface area (Å²) in [5, 5.41) is 8.83. The van der Waals surface area contributed by atoms with Crippen molar-refractivity contribution in [3.05, 3.63) is 53.5 Å². The molecule has 0 spiro atoms. The highest BCUT2D eigenvalue weighted by Gasteiger charge is 2.29. The monoisotopic (exact) mass is 408 g/mol. The molecule has 1 aromatic heterocycles. The third-order valence-electron chi connectivity index (χ3n) is 5.80. The molecule has 1 unspecified atom stereocenters. The number of hydrazone groups is 1. The lowest BCUT2D eigenvalue weighted by atomic mass is 10.1. The molecular formula is C23H28N4O3. The summed E-state index contributed by atoms with van der Waals surface area (Å²) in [6.07, 6.45) is 4.60. The quantitative estimate of drug-likeness (QED) is 0.795. The van der Waals surface area contributed by atoms with Crippen molar-refractivity contribution in [2.45, 2.75) is 45.6 Å². The molecule has 2 aromatic rings. The fourth-order valence-corrected chi connectivity index (χ4v) is 4.09. The maximum atomic E-state index is 12.9. The largest absolute Gasteiger partial charge is 0.468 e. The van der Waals surface area contributed by atoms with Crippen LogP contribution < -0.4 is 10.3 Å². The lowest BCUT2D eigenvalue weighted by Gasteiger charge is -2.27. The molecule has 158 valence electrons. The van der Waals surface area contributed by atoms with Gasteiger partial charge in [0.2, 0.25) is 5.91 Å². The number of carbonyl (C=O) groups excluding carboxylic acids is 2. The van der Waals surface area contributed by atoms with Crippen molar-refractivity contribution >= 4 is 23.2 Å². The average molecular weight is 409 g/mol. The first-order valence-corrected chi connectivity index (χ1v) is 10.6. The maximum Gasteiger partial charge on any atom is 0.267 e. The van der Waals surface area contributed by atoms with E-state index in [4.69, 9.17) is 4.42 Å². The second kappa shape index (κ2) is 8.83. The van der Waals surface area contributed by atoms with Gasteiger partial charge in [-0.05, 0) is 69.1 Å². The number of hydrogen-bond acceptors (Lipinski definition) is 5. The molecule has 7 nitrogen and oxygen atoms in total. The van der Waals surface area contributed by atoms with E-state index in [1.54, 1.807) is 6.26 Å². The van der Waals surface area contributed by atoms with Gasteiger partial charge in [-0.1, -0.05) is 12.1 Å². The minimum absolute atomic E-state index is 0.00685. The maximum absolute atomic E-state index is 12.9. The molecule has 1 saturated heterocycles. The summed E-state index contributed by atoms with van der Waals surface area (Å²) in [7, 11) is 0. The number of rotatable bonds is 6. The molecule has 0 saturated carbocycles. The molecule has 1 atom stereocenters. The fourth-order valence-electron chi connectivity index (χ4n) is 4.09. The molecule has 2 amide bonds. The van der Waals surface area contributed by atoms with Crippen molar-refractivity contribution in [2.75, 3.05) is 24.6 Å². The standard InChI is InChI=1S/C23H28N4O3/c1-16-7-8-17(2)19(14-16)27-22(28)10-9-18(25-27)23(29)24-15-20(21-6-5-13-30-21)26-11-3-4-12-26/h5-8,13-14,20H,3-4,9-12,15H2,1-2H3,(H,24,29). The van der Waals surface area contributed by atoms with E-state index in [0.29, 0.717) is 18.7 Å². The van der Waals surface area contributed by atoms with Crippen LogP contribution in [0.25, 0.3) is 0 Å². The minimum atomic E-state index is -0.228. The molecule has 4 rings (SSSR count). The van der Waals surface area contributed by atoms with Crippen LogP contribution in [0.4, 0.5) is 5.69 Å². The van der Waals surface area contributed by atoms with Gasteiger partial charge in [-0.3, -0.25) is 14.5 Å². The Labute approximate surface area is 176 Å². The van der Waals surface area contributed by atoms with Crippen molar-refractivity contribution in [1.29, 1.82) is 0 Å². The van der Waals surface area contributed by atoms with E-state index in [0.717, 1.165) is 48.5 Å². The number of aryl methyl sites for hydroxylation is 2. The SMILES string of the molecule is Cc1ccc(C)c(N2N=C(C(=O)NCC(c3ccco3)N3CCCC3)CCC2=O)c1. The van der Waals surface area contributed by atoms with Gasteiger partial charge in [-0.15, -0.1) is 0 Å². The number of hydrogen-bond donors (Lipinski definition) is 1. The molecule has 2 aliphatic heterocycles. The van der Waals surface area contributed by atoms with E-state index in [1.165, 1.54) is 5.01 Å². The van der Waals surface area contributed by atoms with Gasteiger partial charge in [0.05, 0.1) is 18.0 Å².